The number of rotatable bonds is 9. The van der Waals surface area contributed by atoms with Gasteiger partial charge < -0.3 is 26.0 Å². The molecule has 4 N–H and O–H groups in total. The molecule has 39 heavy (non-hydrogen) atoms. The van der Waals surface area contributed by atoms with Gasteiger partial charge in [-0.2, -0.15) is 0 Å². The van der Waals surface area contributed by atoms with E-state index in [1.165, 1.54) is 4.90 Å². The van der Waals surface area contributed by atoms with E-state index in [4.69, 9.17) is 10.5 Å². The van der Waals surface area contributed by atoms with Gasteiger partial charge in [0.1, 0.15) is 17.7 Å². The van der Waals surface area contributed by atoms with Crippen molar-refractivity contribution in [1.82, 2.24) is 10.2 Å². The molecule has 2 unspecified atom stereocenters. The van der Waals surface area contributed by atoms with E-state index in [1.807, 2.05) is 64.1 Å². The first-order chi connectivity index (χ1) is 18.0. The summed E-state index contributed by atoms with van der Waals surface area (Å²) in [6.07, 6.45) is -1.33. The normalized spacial score (nSPS) is 12.9. The number of carbonyl (C=O) groups excluding carboxylic acids is 4. The van der Waals surface area contributed by atoms with Crippen LogP contribution in [0.3, 0.4) is 0 Å². The molecule has 0 aromatic heterocycles. The van der Waals surface area contributed by atoms with Gasteiger partial charge in [-0.25, -0.2) is 4.79 Å². The monoisotopic (exact) mass is 538 g/mol. The molecular formula is C30H42N4O5. The fourth-order valence-electron chi connectivity index (χ4n) is 4.57. The maximum absolute atomic E-state index is 14.1. The maximum atomic E-state index is 14.1. The van der Waals surface area contributed by atoms with Gasteiger partial charge >= 0.3 is 6.09 Å². The van der Waals surface area contributed by atoms with Crippen LogP contribution in [0.5, 0.6) is 0 Å². The van der Waals surface area contributed by atoms with Gasteiger partial charge in [-0.15, -0.1) is 0 Å². The van der Waals surface area contributed by atoms with Crippen molar-refractivity contribution >= 4 is 29.5 Å². The van der Waals surface area contributed by atoms with Crippen molar-refractivity contribution in [3.63, 3.8) is 0 Å². The Hall–Kier alpha value is -3.88. The Balaban J connectivity index is 2.65. The van der Waals surface area contributed by atoms with Gasteiger partial charge in [-0.3, -0.25) is 14.4 Å². The molecule has 0 heterocycles. The van der Waals surface area contributed by atoms with Crippen molar-refractivity contribution in [2.75, 3.05) is 5.32 Å². The van der Waals surface area contributed by atoms with Gasteiger partial charge in [0.15, 0.2) is 0 Å². The number of nitrogens with zero attached hydrogens (tertiary/aromatic N) is 1. The highest BCUT2D eigenvalue weighted by atomic mass is 16.6. The molecule has 2 rings (SSSR count). The minimum absolute atomic E-state index is 0.415. The lowest BCUT2D eigenvalue weighted by atomic mass is 9.92. The SMILES string of the molecule is Cc1cccc(C)c1NC(=O)C(c1c(C)cccc1C)N(C(=O)C(CC(N)=O)NC(=O)OC(C)(C)C)C(C)C. The van der Waals surface area contributed by atoms with E-state index in [0.29, 0.717) is 11.3 Å². The van der Waals surface area contributed by atoms with Crippen LogP contribution in [0.2, 0.25) is 0 Å². The highest BCUT2D eigenvalue weighted by Gasteiger charge is 2.39. The molecule has 4 amide bonds. The number of nitrogens with two attached hydrogens (primary N) is 1. The molecule has 9 nitrogen and oxygen atoms in total. The molecule has 2 aromatic carbocycles. The predicted molar refractivity (Wildman–Crippen MR) is 152 cm³/mol. The number of nitrogens with one attached hydrogen (secondary N) is 2. The van der Waals surface area contributed by atoms with Gasteiger partial charge in [-0.1, -0.05) is 36.4 Å². The molecule has 0 aliphatic carbocycles. The van der Waals surface area contributed by atoms with Crippen molar-refractivity contribution in [2.45, 2.75) is 92.5 Å². The molecule has 2 atom stereocenters. The van der Waals surface area contributed by atoms with Crippen molar-refractivity contribution in [2.24, 2.45) is 5.73 Å². The summed E-state index contributed by atoms with van der Waals surface area (Å²) in [4.78, 5) is 54.2. The van der Waals surface area contributed by atoms with Crippen molar-refractivity contribution in [3.8, 4) is 0 Å². The van der Waals surface area contributed by atoms with Gasteiger partial charge in [0.2, 0.25) is 11.8 Å². The lowest BCUT2D eigenvalue weighted by Gasteiger charge is -2.38. The molecule has 0 aliphatic rings. The zero-order valence-electron chi connectivity index (χ0n) is 24.5. The molecule has 212 valence electrons. The van der Waals surface area contributed by atoms with Crippen LogP contribution in [0.15, 0.2) is 36.4 Å². The molecule has 2 aromatic rings. The minimum Gasteiger partial charge on any atom is -0.444 e. The Labute approximate surface area is 231 Å². The molecule has 0 radical (unpaired) electrons. The molecule has 0 spiro atoms. The Morgan fingerprint density at radius 3 is 1.82 bits per heavy atom. The van der Waals surface area contributed by atoms with Crippen molar-refractivity contribution in [3.05, 3.63) is 64.2 Å². The van der Waals surface area contributed by atoms with Crippen LogP contribution in [0.1, 0.15) is 74.9 Å². The van der Waals surface area contributed by atoms with Gasteiger partial charge in [0.05, 0.1) is 6.42 Å². The van der Waals surface area contributed by atoms with Crippen LogP contribution in [0.25, 0.3) is 0 Å². The summed E-state index contributed by atoms with van der Waals surface area (Å²) in [5.41, 5.74) is 9.36. The van der Waals surface area contributed by atoms with E-state index in [0.717, 1.165) is 22.3 Å². The van der Waals surface area contributed by atoms with Crippen LogP contribution in [0, 0.1) is 27.7 Å². The average Bonchev–Trinajstić information content (AvgIpc) is 2.78. The van der Waals surface area contributed by atoms with Crippen LogP contribution in [-0.2, 0) is 19.1 Å². The number of benzene rings is 2. The van der Waals surface area contributed by atoms with Crippen LogP contribution in [0.4, 0.5) is 10.5 Å². The van der Waals surface area contributed by atoms with E-state index in [9.17, 15) is 19.2 Å². The third-order valence-corrected chi connectivity index (χ3v) is 6.28. The second-order valence-corrected chi connectivity index (χ2v) is 11.2. The van der Waals surface area contributed by atoms with E-state index in [2.05, 4.69) is 10.6 Å². The quantitative estimate of drug-likeness (QED) is 0.429. The molecule has 0 aliphatic heterocycles. The van der Waals surface area contributed by atoms with E-state index in [1.54, 1.807) is 34.6 Å². The molecule has 0 bridgehead atoms. The number of para-hydroxylation sites is 1. The van der Waals surface area contributed by atoms with Gasteiger partial charge in [0.25, 0.3) is 5.91 Å². The Morgan fingerprint density at radius 1 is 0.897 bits per heavy atom. The Morgan fingerprint density at radius 2 is 1.38 bits per heavy atom. The molecule has 9 heteroatoms. The van der Waals surface area contributed by atoms with E-state index < -0.39 is 54.0 Å². The smallest absolute Gasteiger partial charge is 0.408 e. The number of ether oxygens (including phenoxy) is 1. The number of amides is 4. The second kappa shape index (κ2) is 12.8. The predicted octanol–water partition coefficient (Wildman–Crippen LogP) is 4.61. The summed E-state index contributed by atoms with van der Waals surface area (Å²) >= 11 is 0. The molecule has 0 saturated carbocycles. The molecule has 0 saturated heterocycles. The topological polar surface area (TPSA) is 131 Å². The fraction of sp³-hybridized carbons (Fsp3) is 0.467. The summed E-state index contributed by atoms with van der Waals surface area (Å²) in [5.74, 6) is -1.82. The first-order valence-electron chi connectivity index (χ1n) is 13.1. The number of aryl methyl sites for hydroxylation is 4. The summed E-state index contributed by atoms with van der Waals surface area (Å²) in [6, 6.07) is 8.47. The zero-order chi connectivity index (χ0) is 29.7. The number of anilines is 1. The standard InChI is InChI=1S/C30H42N4O5/c1-17(2)34(28(37)22(16-23(31)35)32-29(38)39-30(7,8)9)26(24-18(3)12-10-13-19(24)4)27(36)33-25-20(5)14-11-15-21(25)6/h10-15,17,22,26H,16H2,1-9H3,(H2,31,35)(H,32,38)(H,33,36). The van der Waals surface area contributed by atoms with Crippen molar-refractivity contribution in [1.29, 1.82) is 0 Å². The fourth-order valence-corrected chi connectivity index (χ4v) is 4.57. The summed E-state index contributed by atoms with van der Waals surface area (Å²) in [7, 11) is 0. The van der Waals surface area contributed by atoms with Gasteiger partial charge in [-0.05, 0) is 90.1 Å². The van der Waals surface area contributed by atoms with E-state index in [-0.39, 0.29) is 0 Å². The van der Waals surface area contributed by atoms with Gasteiger partial charge in [0, 0.05) is 11.7 Å². The summed E-state index contributed by atoms with van der Waals surface area (Å²) in [5, 5.41) is 5.53. The number of primary amides is 1. The Kier molecular flexibility index (Phi) is 10.3. The lowest BCUT2D eigenvalue weighted by Crippen LogP contribution is -2.55. The Bertz CT molecular complexity index is 1190. The molecule has 0 fully saturated rings. The van der Waals surface area contributed by atoms with Crippen molar-refractivity contribution < 1.29 is 23.9 Å². The number of alkyl carbamates (subject to hydrolysis) is 1. The first kappa shape index (κ1) is 31.3. The van der Waals surface area contributed by atoms with Crippen LogP contribution < -0.4 is 16.4 Å². The van der Waals surface area contributed by atoms with Crippen LogP contribution in [-0.4, -0.2) is 46.4 Å². The number of hydrogen-bond donors (Lipinski definition) is 3. The van der Waals surface area contributed by atoms with Crippen LogP contribution >= 0.6 is 0 Å². The highest BCUT2D eigenvalue weighted by Crippen LogP contribution is 2.32. The maximum Gasteiger partial charge on any atom is 0.408 e. The van der Waals surface area contributed by atoms with E-state index >= 15 is 0 Å². The molecular weight excluding hydrogens is 496 g/mol. The third kappa shape index (κ3) is 8.30. The zero-order valence-corrected chi connectivity index (χ0v) is 24.5. The number of hydrogen-bond acceptors (Lipinski definition) is 5. The lowest BCUT2D eigenvalue weighted by molar-refractivity contribution is -0.144. The third-order valence-electron chi connectivity index (χ3n) is 6.28. The largest absolute Gasteiger partial charge is 0.444 e. The highest BCUT2D eigenvalue weighted by molar-refractivity contribution is 6.01. The number of carbonyl (C=O) groups is 4. The summed E-state index contributed by atoms with van der Waals surface area (Å²) in [6.45, 7) is 16.2. The first-order valence-corrected chi connectivity index (χ1v) is 13.1. The minimum atomic E-state index is -1.33. The summed E-state index contributed by atoms with van der Waals surface area (Å²) < 4.78 is 5.32. The second-order valence-electron chi connectivity index (χ2n) is 11.2. The average molecular weight is 539 g/mol.